The molecule has 53 heavy (non-hydrogen) atoms. The first-order valence-electron chi connectivity index (χ1n) is 18.7. The molecule has 2 aromatic rings. The molecule has 0 bridgehead atoms. The van der Waals surface area contributed by atoms with E-state index in [1.807, 2.05) is 66.7 Å². The van der Waals surface area contributed by atoms with Crippen LogP contribution in [0.4, 0.5) is 0 Å². The number of carbonyl (C=O) groups excluding carboxylic acids is 1. The summed E-state index contributed by atoms with van der Waals surface area (Å²) >= 11 is 0. The molecule has 7 atom stereocenters. The zero-order valence-corrected chi connectivity index (χ0v) is 44.0. The first-order chi connectivity index (χ1) is 23.4. The second-order valence-electron chi connectivity index (χ2n) is 16.9. The maximum atomic E-state index is 13.9. The molecular weight excluding hydrogens is 922 g/mol. The number of ketones is 1. The van der Waals surface area contributed by atoms with Gasteiger partial charge in [-0.25, -0.2) is 0 Å². The fourth-order valence-corrected chi connectivity index (χ4v) is 12.9. The van der Waals surface area contributed by atoms with E-state index in [2.05, 4.69) is 73.0 Å². The Morgan fingerprint density at radius 2 is 1.43 bits per heavy atom. The van der Waals surface area contributed by atoms with Crippen LogP contribution in [0, 0.1) is 29.1 Å². The minimum absolute atomic E-state index is 0. The Kier molecular flexibility index (Phi) is 21.9. The van der Waals surface area contributed by atoms with E-state index in [0.717, 1.165) is 35.4 Å². The molecule has 10 heteroatoms. The van der Waals surface area contributed by atoms with Gasteiger partial charge in [-0.2, -0.15) is 0 Å². The summed E-state index contributed by atoms with van der Waals surface area (Å²) in [7, 11) is -4.36. The molecule has 5 nitrogen and oxygen atoms in total. The van der Waals surface area contributed by atoms with Crippen molar-refractivity contribution in [3.05, 3.63) is 96.6 Å². The monoisotopic (exact) mass is 985 g/mol. The Labute approximate surface area is 398 Å². The van der Waals surface area contributed by atoms with Gasteiger partial charge in [0, 0.05) is 133 Å². The van der Waals surface area contributed by atoms with E-state index in [0.29, 0.717) is 54.0 Å². The van der Waals surface area contributed by atoms with Gasteiger partial charge in [-0.05, 0) is 94.8 Å². The summed E-state index contributed by atoms with van der Waals surface area (Å²) in [5.74, 6) is 2.42. The van der Waals surface area contributed by atoms with Crippen LogP contribution in [-0.4, -0.2) is 48.3 Å². The summed E-state index contributed by atoms with van der Waals surface area (Å²) in [4.78, 5) is 12.3. The van der Waals surface area contributed by atoms with Gasteiger partial charge >= 0.3 is 0 Å². The van der Waals surface area contributed by atoms with E-state index < -0.39 is 27.7 Å². The summed E-state index contributed by atoms with van der Waals surface area (Å²) in [6.45, 7) is 22.0. The quantitative estimate of drug-likeness (QED) is 0.141. The second-order valence-corrected chi connectivity index (χ2v) is 24.2. The van der Waals surface area contributed by atoms with Crippen LogP contribution in [0.25, 0.3) is 0 Å². The minimum atomic E-state index is -2.81. The predicted octanol–water partition coefficient (Wildman–Crippen LogP) is 9.22. The van der Waals surface area contributed by atoms with Crippen molar-refractivity contribution in [2.24, 2.45) is 29.1 Å². The summed E-state index contributed by atoms with van der Waals surface area (Å²) in [5, 5.41) is 21.7. The molecule has 1 unspecified atom stereocenters. The second kappa shape index (κ2) is 22.4. The molecule has 5 rings (SSSR count). The van der Waals surface area contributed by atoms with Crippen LogP contribution in [0.1, 0.15) is 79.6 Å². The van der Waals surface area contributed by atoms with Crippen molar-refractivity contribution < 1.29 is 122 Å². The number of aliphatic hydroxyl groups excluding tert-OH is 2. The number of benzene rings is 2. The zero-order valence-electron chi connectivity index (χ0n) is 33.6. The number of hydrogen-bond acceptors (Lipinski definition) is 5. The van der Waals surface area contributed by atoms with E-state index in [1.165, 1.54) is 12.8 Å². The van der Waals surface area contributed by atoms with Gasteiger partial charge in [-0.1, -0.05) is 112 Å². The van der Waals surface area contributed by atoms with Crippen molar-refractivity contribution in [3.8, 4) is 0 Å². The molecule has 3 saturated carbocycles. The summed E-state index contributed by atoms with van der Waals surface area (Å²) in [5.41, 5.74) is 1.50. The SMILES string of the molecule is C=C1[C@H](O)CC(=CCP(=O)(c2ccccc2)c2ccccc2)C[C@H]1O.C[C@@H](/C=C/[C@H](C)C(C)(C)O[Si](C)(C)C)C1CC[C@H]2C(=O)CCC[C@]12C.[Y].[Y].[Y]. The normalized spacial score (nSPS) is 25.8. The van der Waals surface area contributed by atoms with Gasteiger partial charge in [0.25, 0.3) is 0 Å². The van der Waals surface area contributed by atoms with Crippen LogP contribution in [0.3, 0.4) is 0 Å². The summed E-state index contributed by atoms with van der Waals surface area (Å²) < 4.78 is 20.3. The van der Waals surface area contributed by atoms with Gasteiger partial charge in [0.05, 0.1) is 17.8 Å². The summed E-state index contributed by atoms with van der Waals surface area (Å²) in [6.07, 6.45) is 12.0. The number of fused-ring (bicyclic) bond motifs is 1. The van der Waals surface area contributed by atoms with E-state index in [4.69, 9.17) is 4.43 Å². The van der Waals surface area contributed by atoms with Crippen molar-refractivity contribution in [2.45, 2.75) is 117 Å². The zero-order chi connectivity index (χ0) is 36.9. The average molecular weight is 986 g/mol. The third-order valence-corrected chi connectivity index (χ3v) is 15.8. The van der Waals surface area contributed by atoms with Crippen molar-refractivity contribution in [2.75, 3.05) is 6.16 Å². The molecule has 283 valence electrons. The molecule has 2 aromatic carbocycles. The Hall–Kier alpha value is 0.969. The molecule has 2 N–H and O–H groups in total. The third kappa shape index (κ3) is 13.8. The third-order valence-electron chi connectivity index (χ3n) is 11.7. The molecule has 0 heterocycles. The van der Waals surface area contributed by atoms with E-state index in [-0.39, 0.29) is 109 Å². The molecule has 0 aromatic heterocycles. The fourth-order valence-electron chi connectivity index (χ4n) is 8.61. The number of allylic oxidation sites excluding steroid dienone is 2. The minimum Gasteiger partial charge on any atom is -0.412 e. The smallest absolute Gasteiger partial charge is 0.184 e. The molecule has 0 aliphatic heterocycles. The van der Waals surface area contributed by atoms with Gasteiger partial charge in [0.2, 0.25) is 0 Å². The maximum absolute atomic E-state index is 13.9. The van der Waals surface area contributed by atoms with Gasteiger partial charge in [-0.3, -0.25) is 4.79 Å². The van der Waals surface area contributed by atoms with Gasteiger partial charge in [-0.15, -0.1) is 0 Å². The van der Waals surface area contributed by atoms with Crippen LogP contribution in [0.15, 0.2) is 96.6 Å². The van der Waals surface area contributed by atoms with Gasteiger partial charge in [0.15, 0.2) is 8.32 Å². The molecule has 3 aliphatic carbocycles. The molecule has 0 saturated heterocycles. The van der Waals surface area contributed by atoms with E-state index in [9.17, 15) is 19.6 Å². The van der Waals surface area contributed by atoms with Crippen LogP contribution in [0.2, 0.25) is 19.6 Å². The fraction of sp³-hybridized carbons (Fsp3) is 0.558. The topological polar surface area (TPSA) is 83.8 Å². The number of hydrogen-bond donors (Lipinski definition) is 2. The van der Waals surface area contributed by atoms with Gasteiger partial charge in [0.1, 0.15) is 12.9 Å². The molecule has 0 amide bonds. The van der Waals surface area contributed by atoms with Gasteiger partial charge < -0.3 is 19.2 Å². The maximum Gasteiger partial charge on any atom is 0.184 e. The predicted molar refractivity (Wildman–Crippen MR) is 212 cm³/mol. The van der Waals surface area contributed by atoms with Crippen LogP contribution in [0.5, 0.6) is 0 Å². The standard InChI is InChI=1S/C22H40O2Si.C21H23O3P.3Y/c1-16(11-12-17(2)21(3,4)24-25(6,7)8)18-13-14-19-20(23)10-9-15-22(18,19)5;1-16-20(22)14-17(15-21(16)23)12-13-25(24,18-8-4-2-5-9-18)19-10-6-3-7-11-19;;;/h11-12,16-19H,9-10,13-15H2,1-8H3;2-12,20-23H,1,13-15H2;;;/b12-11+;;;;/t16-,17-,18?,19-,22+;20-,21-;;;/m01.../s1. The number of Topliss-reactive ketones (excluding diaryl/α,β-unsaturated/α-hetero) is 1. The molecule has 3 radical (unpaired) electrons. The largest absolute Gasteiger partial charge is 0.412 e. The number of carbonyl (C=O) groups is 1. The van der Waals surface area contributed by atoms with Crippen molar-refractivity contribution in [3.63, 3.8) is 0 Å². The van der Waals surface area contributed by atoms with Crippen LogP contribution in [-0.2, 0) is 112 Å². The summed E-state index contributed by atoms with van der Waals surface area (Å²) in [6, 6.07) is 19.0. The number of aliphatic hydroxyl groups is 2. The Morgan fingerprint density at radius 3 is 1.92 bits per heavy atom. The molecular formula is C43H63O5PSiY3. The first-order valence-corrected chi connectivity index (χ1v) is 24.0. The Bertz CT molecular complexity index is 1520. The van der Waals surface area contributed by atoms with E-state index >= 15 is 0 Å². The molecule has 3 aliphatic rings. The molecule has 0 spiro atoms. The number of rotatable bonds is 10. The average Bonchev–Trinajstić information content (AvgIpc) is 3.43. The van der Waals surface area contributed by atoms with Crippen LogP contribution < -0.4 is 10.6 Å². The first kappa shape index (κ1) is 52.0. The van der Waals surface area contributed by atoms with Crippen molar-refractivity contribution in [1.29, 1.82) is 0 Å². The van der Waals surface area contributed by atoms with Crippen LogP contribution >= 0.6 is 7.14 Å². The Morgan fingerprint density at radius 1 is 0.925 bits per heavy atom. The van der Waals surface area contributed by atoms with Crippen molar-refractivity contribution >= 4 is 31.9 Å². The van der Waals surface area contributed by atoms with Crippen molar-refractivity contribution in [1.82, 2.24) is 0 Å². The molecule has 3 fully saturated rings. The van der Waals surface area contributed by atoms with E-state index in [1.54, 1.807) is 0 Å². The Balaban J connectivity index is 0.000000502.